The van der Waals surface area contributed by atoms with Crippen LogP contribution >= 0.6 is 11.3 Å². The zero-order chi connectivity index (χ0) is 19.8. The van der Waals surface area contributed by atoms with E-state index in [4.69, 9.17) is 4.74 Å². The Balaban J connectivity index is 1.80. The fourth-order valence-electron chi connectivity index (χ4n) is 1.89. The molecule has 0 saturated heterocycles. The summed E-state index contributed by atoms with van der Waals surface area (Å²) in [6, 6.07) is 8.47. The molecular weight excluding hydrogens is 372 g/mol. The van der Waals surface area contributed by atoms with Crippen LogP contribution in [0.2, 0.25) is 0 Å². The number of benzene rings is 1. The molecule has 0 fully saturated rings. The molecule has 2 rings (SSSR count). The summed E-state index contributed by atoms with van der Waals surface area (Å²) in [7, 11) is 0. The molecule has 1 heterocycles. The lowest BCUT2D eigenvalue weighted by Gasteiger charge is -2.12. The largest absolute Gasteiger partial charge is 0.448 e. The van der Waals surface area contributed by atoms with E-state index < -0.39 is 24.0 Å². The lowest BCUT2D eigenvalue weighted by Crippen LogP contribution is -2.44. The maximum Gasteiger partial charge on any atom is 0.358 e. The Hall–Kier alpha value is -3.27. The lowest BCUT2D eigenvalue weighted by molar-refractivity contribution is -0.128. The summed E-state index contributed by atoms with van der Waals surface area (Å²) < 4.78 is 4.98. The van der Waals surface area contributed by atoms with Gasteiger partial charge in [0.2, 0.25) is 5.91 Å². The Morgan fingerprint density at radius 2 is 1.89 bits per heavy atom. The zero-order valence-corrected chi connectivity index (χ0v) is 15.5. The molecule has 1 aromatic carbocycles. The van der Waals surface area contributed by atoms with E-state index in [0.29, 0.717) is 0 Å². The minimum absolute atomic E-state index is 0.0445. The molecular formula is C17H18N4O5S. The third-order valence-electron chi connectivity index (χ3n) is 3.18. The summed E-state index contributed by atoms with van der Waals surface area (Å²) in [5, 5.41) is 8.70. The monoisotopic (exact) mass is 390 g/mol. The van der Waals surface area contributed by atoms with Gasteiger partial charge in [0.1, 0.15) is 0 Å². The number of rotatable bonds is 6. The number of anilines is 1. The summed E-state index contributed by atoms with van der Waals surface area (Å²) >= 11 is 1.05. The van der Waals surface area contributed by atoms with Gasteiger partial charge in [-0.15, -0.1) is 11.3 Å². The van der Waals surface area contributed by atoms with E-state index in [1.165, 1.54) is 19.2 Å². The Bertz CT molecular complexity index is 837. The van der Waals surface area contributed by atoms with E-state index in [0.717, 1.165) is 16.9 Å². The third kappa shape index (κ3) is 6.51. The fourth-order valence-corrected chi connectivity index (χ4v) is 2.61. The van der Waals surface area contributed by atoms with Crippen LogP contribution in [0.5, 0.6) is 0 Å². The average Bonchev–Trinajstić information content (AvgIpc) is 3.08. The van der Waals surface area contributed by atoms with Gasteiger partial charge in [-0.1, -0.05) is 30.3 Å². The summed E-state index contributed by atoms with van der Waals surface area (Å²) in [4.78, 5) is 50.5. The molecule has 0 saturated carbocycles. The first-order valence-corrected chi connectivity index (χ1v) is 8.80. The molecule has 4 amide bonds. The lowest BCUT2D eigenvalue weighted by atomic mass is 10.2. The van der Waals surface area contributed by atoms with Gasteiger partial charge in [0.05, 0.1) is 0 Å². The van der Waals surface area contributed by atoms with Crippen molar-refractivity contribution in [2.75, 3.05) is 5.32 Å². The van der Waals surface area contributed by atoms with E-state index in [2.05, 4.69) is 20.9 Å². The number of nitrogens with one attached hydrogen (secondary N) is 3. The van der Waals surface area contributed by atoms with Crippen LogP contribution in [0.1, 0.15) is 29.9 Å². The van der Waals surface area contributed by atoms with Gasteiger partial charge in [-0.3, -0.25) is 14.9 Å². The Labute approximate surface area is 159 Å². The normalized spacial score (nSPS) is 11.2. The summed E-state index contributed by atoms with van der Waals surface area (Å²) in [6.07, 6.45) is -1.20. The molecule has 0 aliphatic carbocycles. The van der Waals surface area contributed by atoms with E-state index in [1.54, 1.807) is 0 Å². The second-order valence-corrected chi connectivity index (χ2v) is 6.28. The first-order chi connectivity index (χ1) is 12.8. The molecule has 27 heavy (non-hydrogen) atoms. The molecule has 3 N–H and O–H groups in total. The van der Waals surface area contributed by atoms with Gasteiger partial charge in [0, 0.05) is 18.8 Å². The van der Waals surface area contributed by atoms with Gasteiger partial charge < -0.3 is 15.4 Å². The van der Waals surface area contributed by atoms with E-state index in [9.17, 15) is 19.2 Å². The first kappa shape index (κ1) is 20.0. The van der Waals surface area contributed by atoms with E-state index >= 15 is 0 Å². The number of carbonyl (C=O) groups excluding carboxylic acids is 4. The topological polar surface area (TPSA) is 126 Å². The molecule has 1 atom stereocenters. The molecule has 0 bridgehead atoms. The molecule has 0 aliphatic heterocycles. The highest BCUT2D eigenvalue weighted by molar-refractivity contribution is 7.14. The first-order valence-electron chi connectivity index (χ1n) is 7.92. The van der Waals surface area contributed by atoms with Crippen LogP contribution in [-0.2, 0) is 20.9 Å². The number of ether oxygens (including phenoxy) is 1. The van der Waals surface area contributed by atoms with Crippen molar-refractivity contribution in [2.45, 2.75) is 26.5 Å². The number of aromatic nitrogens is 1. The average molecular weight is 390 g/mol. The van der Waals surface area contributed by atoms with Crippen molar-refractivity contribution in [1.29, 1.82) is 0 Å². The van der Waals surface area contributed by atoms with Gasteiger partial charge in [0.25, 0.3) is 5.91 Å². The van der Waals surface area contributed by atoms with Crippen molar-refractivity contribution < 1.29 is 23.9 Å². The van der Waals surface area contributed by atoms with Gasteiger partial charge in [0.15, 0.2) is 16.9 Å². The number of thiazole rings is 1. The van der Waals surface area contributed by atoms with Crippen LogP contribution in [0.25, 0.3) is 0 Å². The molecule has 1 aromatic heterocycles. The van der Waals surface area contributed by atoms with Gasteiger partial charge in [-0.05, 0) is 12.5 Å². The molecule has 0 radical (unpaired) electrons. The number of urea groups is 1. The van der Waals surface area contributed by atoms with E-state index in [-0.39, 0.29) is 23.3 Å². The van der Waals surface area contributed by atoms with Crippen LogP contribution in [0.15, 0.2) is 35.7 Å². The minimum atomic E-state index is -1.20. The number of carbonyl (C=O) groups is 4. The number of hydrogen-bond acceptors (Lipinski definition) is 7. The summed E-state index contributed by atoms with van der Waals surface area (Å²) in [5.41, 5.74) is 0.829. The van der Waals surface area contributed by atoms with Crippen LogP contribution in [0, 0.1) is 0 Å². The van der Waals surface area contributed by atoms with Gasteiger partial charge >= 0.3 is 12.0 Å². The maximum absolute atomic E-state index is 12.0. The van der Waals surface area contributed by atoms with Gasteiger partial charge in [-0.25, -0.2) is 14.6 Å². The van der Waals surface area contributed by atoms with E-state index in [1.807, 2.05) is 30.3 Å². The molecule has 9 nitrogen and oxygen atoms in total. The van der Waals surface area contributed by atoms with Crippen LogP contribution in [0.3, 0.4) is 0 Å². The Kier molecular flexibility index (Phi) is 7.00. The fraction of sp³-hybridized carbons (Fsp3) is 0.235. The molecule has 1 unspecified atom stereocenters. The van der Waals surface area contributed by atoms with Crippen molar-refractivity contribution in [3.05, 3.63) is 47.0 Å². The molecule has 2 aromatic rings. The number of esters is 1. The highest BCUT2D eigenvalue weighted by Gasteiger charge is 2.22. The van der Waals surface area contributed by atoms with Crippen LogP contribution in [0.4, 0.5) is 9.93 Å². The number of imide groups is 1. The standard InChI is InChI=1S/C17H18N4O5S/c1-10(26-15(24)13-9-27-17(20-13)19-11(2)22)14(23)21-16(25)18-8-12-6-4-3-5-7-12/h3-7,9-10H,8H2,1-2H3,(H,19,20,22)(H2,18,21,23,25). The minimum Gasteiger partial charge on any atom is -0.448 e. The van der Waals surface area contributed by atoms with Crippen molar-refractivity contribution >= 4 is 40.3 Å². The molecule has 10 heteroatoms. The quantitative estimate of drug-likeness (QED) is 0.644. The van der Waals surface area contributed by atoms with Crippen molar-refractivity contribution in [2.24, 2.45) is 0 Å². The Morgan fingerprint density at radius 3 is 2.56 bits per heavy atom. The highest BCUT2D eigenvalue weighted by Crippen LogP contribution is 2.16. The van der Waals surface area contributed by atoms with Gasteiger partial charge in [-0.2, -0.15) is 0 Å². The number of nitrogens with zero attached hydrogens (tertiary/aromatic N) is 1. The zero-order valence-electron chi connectivity index (χ0n) is 14.6. The second-order valence-electron chi connectivity index (χ2n) is 5.42. The Morgan fingerprint density at radius 1 is 1.19 bits per heavy atom. The van der Waals surface area contributed by atoms with Crippen molar-refractivity contribution in [3.63, 3.8) is 0 Å². The predicted molar refractivity (Wildman–Crippen MR) is 98.1 cm³/mol. The highest BCUT2D eigenvalue weighted by atomic mass is 32.1. The molecule has 0 spiro atoms. The molecule has 0 aliphatic rings. The van der Waals surface area contributed by atoms with Crippen molar-refractivity contribution in [1.82, 2.24) is 15.6 Å². The van der Waals surface area contributed by atoms with Crippen LogP contribution in [-0.4, -0.2) is 34.9 Å². The smallest absolute Gasteiger partial charge is 0.358 e. The summed E-state index contributed by atoms with van der Waals surface area (Å²) in [6.45, 7) is 2.90. The summed E-state index contributed by atoms with van der Waals surface area (Å²) in [5.74, 6) is -1.93. The predicted octanol–water partition coefficient (Wildman–Crippen LogP) is 1.67. The number of hydrogen-bond donors (Lipinski definition) is 3. The second kappa shape index (κ2) is 9.43. The maximum atomic E-state index is 12.0. The third-order valence-corrected chi connectivity index (χ3v) is 3.94. The number of amides is 4. The SMILES string of the molecule is CC(=O)Nc1nc(C(=O)OC(C)C(=O)NC(=O)NCc2ccccc2)cs1. The molecule has 142 valence electrons. The van der Waals surface area contributed by atoms with Crippen molar-refractivity contribution in [3.8, 4) is 0 Å². The van der Waals surface area contributed by atoms with Crippen LogP contribution < -0.4 is 16.0 Å².